The largest absolute Gasteiger partial charge is 0.480 e. The molecule has 0 amide bonds. The molecular formula is C27H35ClN6O2. The number of piperazine rings is 1. The fourth-order valence-electron chi connectivity index (χ4n) is 5.47. The van der Waals surface area contributed by atoms with Crippen LogP contribution in [0.1, 0.15) is 32.1 Å². The quantitative estimate of drug-likeness (QED) is 0.489. The summed E-state index contributed by atoms with van der Waals surface area (Å²) in [6.07, 6.45) is 6.25. The summed E-state index contributed by atoms with van der Waals surface area (Å²) in [5.41, 5.74) is 3.40. The molecule has 2 aromatic heterocycles. The molecule has 8 nitrogen and oxygen atoms in total. The Bertz CT molecular complexity index is 1200. The van der Waals surface area contributed by atoms with Crippen molar-refractivity contribution in [3.8, 4) is 23.0 Å². The van der Waals surface area contributed by atoms with Crippen LogP contribution in [0.2, 0.25) is 5.02 Å². The summed E-state index contributed by atoms with van der Waals surface area (Å²) in [4.78, 5) is 17.7. The summed E-state index contributed by atoms with van der Waals surface area (Å²) in [5, 5.41) is 4.09. The SMILES string of the molecule is COc1nc(N2CCN(CC3CCNCC3)CC2)ccc1-c1cc2nc(OC3CCC3)[nH]c2cc1Cl. The van der Waals surface area contributed by atoms with E-state index in [0.717, 1.165) is 86.0 Å². The molecule has 0 spiro atoms. The number of anilines is 1. The molecule has 1 saturated carbocycles. The summed E-state index contributed by atoms with van der Waals surface area (Å²) >= 11 is 6.71. The van der Waals surface area contributed by atoms with Gasteiger partial charge in [0.25, 0.3) is 6.01 Å². The van der Waals surface area contributed by atoms with Crippen LogP contribution in [0.4, 0.5) is 5.82 Å². The summed E-state index contributed by atoms with van der Waals surface area (Å²) in [6.45, 7) is 7.63. The number of H-pyrrole nitrogens is 1. The lowest BCUT2D eigenvalue weighted by atomic mass is 9.96. The van der Waals surface area contributed by atoms with E-state index >= 15 is 0 Å². The zero-order valence-corrected chi connectivity index (χ0v) is 21.7. The molecular weight excluding hydrogens is 476 g/mol. The Labute approximate surface area is 217 Å². The van der Waals surface area contributed by atoms with Gasteiger partial charge in [0.05, 0.1) is 23.2 Å². The molecule has 1 aromatic carbocycles. The molecule has 0 atom stereocenters. The molecule has 9 heteroatoms. The Balaban J connectivity index is 1.17. The Kier molecular flexibility index (Phi) is 6.91. The van der Waals surface area contributed by atoms with Crippen molar-refractivity contribution in [3.05, 3.63) is 29.3 Å². The highest BCUT2D eigenvalue weighted by atomic mass is 35.5. The molecule has 36 heavy (non-hydrogen) atoms. The fourth-order valence-corrected chi connectivity index (χ4v) is 5.74. The second-order valence-corrected chi connectivity index (χ2v) is 10.7. The van der Waals surface area contributed by atoms with E-state index in [-0.39, 0.29) is 6.10 Å². The van der Waals surface area contributed by atoms with Crippen LogP contribution in [0.15, 0.2) is 24.3 Å². The maximum atomic E-state index is 6.71. The van der Waals surface area contributed by atoms with Crippen molar-refractivity contribution >= 4 is 28.5 Å². The zero-order chi connectivity index (χ0) is 24.5. The van der Waals surface area contributed by atoms with Crippen LogP contribution in [-0.4, -0.2) is 78.9 Å². The third-order valence-corrected chi connectivity index (χ3v) is 8.19. The van der Waals surface area contributed by atoms with Gasteiger partial charge in [-0.15, -0.1) is 0 Å². The Morgan fingerprint density at radius 3 is 2.53 bits per heavy atom. The number of methoxy groups -OCH3 is 1. The minimum atomic E-state index is 0.267. The van der Waals surface area contributed by atoms with Crippen LogP contribution < -0.4 is 19.7 Å². The average Bonchev–Trinajstić information content (AvgIpc) is 3.28. The number of rotatable bonds is 7. The van der Waals surface area contributed by atoms with Crippen molar-refractivity contribution < 1.29 is 9.47 Å². The number of aromatic amines is 1. The van der Waals surface area contributed by atoms with Crippen molar-refractivity contribution in [2.24, 2.45) is 5.92 Å². The number of hydrogen-bond acceptors (Lipinski definition) is 7. The number of nitrogens with one attached hydrogen (secondary N) is 2. The number of benzene rings is 1. The van der Waals surface area contributed by atoms with Crippen LogP contribution in [0, 0.1) is 5.92 Å². The van der Waals surface area contributed by atoms with Gasteiger partial charge in [-0.1, -0.05) is 11.6 Å². The zero-order valence-electron chi connectivity index (χ0n) is 20.9. The molecule has 0 radical (unpaired) electrons. The molecule has 3 aliphatic rings. The fraction of sp³-hybridized carbons (Fsp3) is 0.556. The van der Waals surface area contributed by atoms with E-state index in [1.54, 1.807) is 7.11 Å². The molecule has 0 bridgehead atoms. The minimum Gasteiger partial charge on any atom is -0.480 e. The Hall–Kier alpha value is -2.55. The number of halogens is 1. The van der Waals surface area contributed by atoms with Gasteiger partial charge in [-0.3, -0.25) is 4.90 Å². The van der Waals surface area contributed by atoms with E-state index in [2.05, 4.69) is 37.2 Å². The van der Waals surface area contributed by atoms with Crippen molar-refractivity contribution in [2.45, 2.75) is 38.2 Å². The number of piperidine rings is 1. The number of ether oxygens (including phenoxy) is 2. The van der Waals surface area contributed by atoms with Crippen LogP contribution in [0.5, 0.6) is 11.9 Å². The number of imidazole rings is 1. The molecule has 2 N–H and O–H groups in total. The van der Waals surface area contributed by atoms with Crippen LogP contribution in [0.3, 0.4) is 0 Å². The number of pyridine rings is 1. The van der Waals surface area contributed by atoms with E-state index in [1.807, 2.05) is 12.1 Å². The molecule has 192 valence electrons. The van der Waals surface area contributed by atoms with Gasteiger partial charge in [-0.25, -0.2) is 0 Å². The van der Waals surface area contributed by atoms with Gasteiger partial charge < -0.3 is 24.7 Å². The number of nitrogens with zero attached hydrogens (tertiary/aromatic N) is 4. The highest BCUT2D eigenvalue weighted by molar-refractivity contribution is 6.34. The number of aromatic nitrogens is 3. The monoisotopic (exact) mass is 510 g/mol. The topological polar surface area (TPSA) is 78.5 Å². The second kappa shape index (κ2) is 10.4. The van der Waals surface area contributed by atoms with E-state index in [9.17, 15) is 0 Å². The normalized spacial score (nSPS) is 20.0. The van der Waals surface area contributed by atoms with Gasteiger partial charge in [0.2, 0.25) is 5.88 Å². The summed E-state index contributed by atoms with van der Waals surface area (Å²) in [5.74, 6) is 2.35. The van der Waals surface area contributed by atoms with Crippen molar-refractivity contribution in [1.82, 2.24) is 25.2 Å². The van der Waals surface area contributed by atoms with Gasteiger partial charge >= 0.3 is 0 Å². The van der Waals surface area contributed by atoms with Crippen LogP contribution in [0.25, 0.3) is 22.2 Å². The van der Waals surface area contributed by atoms with Gasteiger partial charge in [-0.2, -0.15) is 9.97 Å². The smallest absolute Gasteiger partial charge is 0.294 e. The highest BCUT2D eigenvalue weighted by Gasteiger charge is 2.24. The first-order chi connectivity index (χ1) is 17.7. The van der Waals surface area contributed by atoms with Crippen LogP contribution >= 0.6 is 11.6 Å². The van der Waals surface area contributed by atoms with Gasteiger partial charge in [0.1, 0.15) is 11.9 Å². The highest BCUT2D eigenvalue weighted by Crippen LogP contribution is 2.38. The predicted molar refractivity (Wildman–Crippen MR) is 143 cm³/mol. The summed E-state index contributed by atoms with van der Waals surface area (Å²) < 4.78 is 11.7. The average molecular weight is 511 g/mol. The first kappa shape index (κ1) is 23.8. The maximum Gasteiger partial charge on any atom is 0.294 e. The van der Waals surface area contributed by atoms with Crippen molar-refractivity contribution in [1.29, 1.82) is 0 Å². The van der Waals surface area contributed by atoms with Crippen molar-refractivity contribution in [3.63, 3.8) is 0 Å². The lowest BCUT2D eigenvalue weighted by Crippen LogP contribution is -2.48. The number of fused-ring (bicyclic) bond motifs is 1. The molecule has 3 aromatic rings. The minimum absolute atomic E-state index is 0.267. The Morgan fingerprint density at radius 1 is 1.00 bits per heavy atom. The molecule has 6 rings (SSSR count). The maximum absolute atomic E-state index is 6.71. The van der Waals surface area contributed by atoms with Crippen LogP contribution in [-0.2, 0) is 0 Å². The van der Waals surface area contributed by atoms with E-state index in [1.165, 1.54) is 25.8 Å². The Morgan fingerprint density at radius 2 is 1.81 bits per heavy atom. The van der Waals surface area contributed by atoms with E-state index < -0.39 is 0 Å². The standard InChI is InChI=1S/C27H35ClN6O2/c1-35-26-20(21-15-23-24(16-22(21)28)31-27(30-23)36-19-3-2-4-19)5-6-25(32-26)34-13-11-33(12-14-34)17-18-7-9-29-10-8-18/h5-6,15-16,18-19,29H,2-4,7-14,17H2,1H3,(H,30,31). The molecule has 1 aliphatic carbocycles. The molecule has 2 saturated heterocycles. The first-order valence-corrected chi connectivity index (χ1v) is 13.6. The second-order valence-electron chi connectivity index (χ2n) is 10.3. The predicted octanol–water partition coefficient (Wildman–Crippen LogP) is 4.34. The summed E-state index contributed by atoms with van der Waals surface area (Å²) in [7, 11) is 1.66. The molecule has 4 heterocycles. The van der Waals surface area contributed by atoms with Crippen molar-refractivity contribution in [2.75, 3.05) is 57.8 Å². The third-order valence-electron chi connectivity index (χ3n) is 7.88. The van der Waals surface area contributed by atoms with Gasteiger partial charge in [0, 0.05) is 43.9 Å². The van der Waals surface area contributed by atoms with Gasteiger partial charge in [-0.05, 0) is 75.4 Å². The lowest BCUT2D eigenvalue weighted by molar-refractivity contribution is 0.110. The lowest BCUT2D eigenvalue weighted by Gasteiger charge is -2.38. The molecule has 3 fully saturated rings. The third kappa shape index (κ3) is 4.99. The van der Waals surface area contributed by atoms with E-state index in [0.29, 0.717) is 16.9 Å². The van der Waals surface area contributed by atoms with Gasteiger partial charge in [0.15, 0.2) is 0 Å². The molecule has 0 unspecified atom stereocenters. The molecule has 2 aliphatic heterocycles. The first-order valence-electron chi connectivity index (χ1n) is 13.3. The number of hydrogen-bond donors (Lipinski definition) is 2. The van der Waals surface area contributed by atoms with E-state index in [4.69, 9.17) is 26.1 Å². The summed E-state index contributed by atoms with van der Waals surface area (Å²) in [6, 6.07) is 8.59.